The van der Waals surface area contributed by atoms with Crippen molar-refractivity contribution in [2.24, 2.45) is 0 Å². The lowest BCUT2D eigenvalue weighted by Gasteiger charge is -2.39. The standard InChI is InChI=1S/C22H20FN3O2/c1-3-15-12-16(23)8-9-19(15)25-13-26(18-10-11-21(27)24-14(18)2)22(28)17-6-4-5-7-20(17)25/h4-12H,3,13H2,1-2H3,(H,24,27). The normalized spacial score (nSPS) is 13.6. The van der Waals surface area contributed by atoms with Crippen LogP contribution in [0.25, 0.3) is 0 Å². The van der Waals surface area contributed by atoms with Gasteiger partial charge in [0.2, 0.25) is 5.56 Å². The minimum absolute atomic E-state index is 0.137. The Balaban J connectivity index is 1.89. The molecule has 1 N–H and O–H groups in total. The fourth-order valence-corrected chi connectivity index (χ4v) is 3.67. The number of para-hydroxylation sites is 1. The van der Waals surface area contributed by atoms with Gasteiger partial charge >= 0.3 is 0 Å². The number of aryl methyl sites for hydroxylation is 2. The smallest absolute Gasteiger partial charge is 0.261 e. The summed E-state index contributed by atoms with van der Waals surface area (Å²) in [6.45, 7) is 4.01. The number of hydrogen-bond donors (Lipinski definition) is 1. The molecule has 1 aliphatic rings. The molecule has 1 amide bonds. The summed E-state index contributed by atoms with van der Waals surface area (Å²) < 4.78 is 13.8. The number of carbonyl (C=O) groups is 1. The number of nitrogens with zero attached hydrogens (tertiary/aromatic N) is 2. The lowest BCUT2D eigenvalue weighted by atomic mass is 10.0. The van der Waals surface area contributed by atoms with Crippen LogP contribution in [-0.4, -0.2) is 17.6 Å². The molecular weight excluding hydrogens is 357 g/mol. The van der Waals surface area contributed by atoms with Crippen molar-refractivity contribution in [2.45, 2.75) is 20.3 Å². The highest BCUT2D eigenvalue weighted by molar-refractivity contribution is 6.12. The zero-order valence-electron chi connectivity index (χ0n) is 15.7. The summed E-state index contributed by atoms with van der Waals surface area (Å²) in [6.07, 6.45) is 0.664. The van der Waals surface area contributed by atoms with Crippen molar-refractivity contribution < 1.29 is 9.18 Å². The molecule has 0 radical (unpaired) electrons. The minimum atomic E-state index is -0.282. The molecule has 6 heteroatoms. The average Bonchev–Trinajstić information content (AvgIpc) is 2.69. The fourth-order valence-electron chi connectivity index (χ4n) is 3.67. The summed E-state index contributed by atoms with van der Waals surface area (Å²) in [7, 11) is 0. The number of fused-ring (bicyclic) bond motifs is 1. The highest BCUT2D eigenvalue weighted by atomic mass is 19.1. The quantitative estimate of drug-likeness (QED) is 0.746. The van der Waals surface area contributed by atoms with Crippen molar-refractivity contribution in [3.05, 3.63) is 87.6 Å². The summed E-state index contributed by atoms with van der Waals surface area (Å²) in [4.78, 5) is 31.2. The zero-order chi connectivity index (χ0) is 19.8. The first-order chi connectivity index (χ1) is 13.5. The van der Waals surface area contributed by atoms with E-state index in [1.807, 2.05) is 30.0 Å². The van der Waals surface area contributed by atoms with Gasteiger partial charge in [0.25, 0.3) is 5.91 Å². The van der Waals surface area contributed by atoms with Gasteiger partial charge in [-0.2, -0.15) is 0 Å². The number of halogens is 1. The van der Waals surface area contributed by atoms with E-state index in [4.69, 9.17) is 0 Å². The van der Waals surface area contributed by atoms with Crippen LogP contribution >= 0.6 is 0 Å². The van der Waals surface area contributed by atoms with Crippen LogP contribution < -0.4 is 15.4 Å². The number of rotatable bonds is 3. The fraction of sp³-hybridized carbons (Fsp3) is 0.182. The Hall–Kier alpha value is -3.41. The number of aromatic nitrogens is 1. The Labute approximate surface area is 162 Å². The second-order valence-corrected chi connectivity index (χ2v) is 6.78. The Bertz CT molecular complexity index is 1120. The second kappa shape index (κ2) is 6.96. The van der Waals surface area contributed by atoms with E-state index >= 15 is 0 Å². The summed E-state index contributed by atoms with van der Waals surface area (Å²) in [6, 6.07) is 15.2. The van der Waals surface area contributed by atoms with E-state index in [0.717, 1.165) is 16.9 Å². The second-order valence-electron chi connectivity index (χ2n) is 6.78. The molecule has 0 fully saturated rings. The molecule has 0 bridgehead atoms. The molecule has 1 aromatic heterocycles. The molecule has 0 saturated heterocycles. The van der Waals surface area contributed by atoms with Crippen LogP contribution in [0.1, 0.15) is 28.5 Å². The molecule has 0 spiro atoms. The first-order valence-electron chi connectivity index (χ1n) is 9.16. The highest BCUT2D eigenvalue weighted by Crippen LogP contribution is 2.37. The summed E-state index contributed by atoms with van der Waals surface area (Å²) in [5, 5.41) is 0. The molecule has 3 aromatic rings. The van der Waals surface area contributed by atoms with Gasteiger partial charge in [-0.3, -0.25) is 14.5 Å². The van der Waals surface area contributed by atoms with E-state index in [2.05, 4.69) is 4.98 Å². The lowest BCUT2D eigenvalue weighted by molar-refractivity contribution is 0.0983. The van der Waals surface area contributed by atoms with Gasteiger partial charge in [0.15, 0.2) is 0 Å². The van der Waals surface area contributed by atoms with Gasteiger partial charge in [0, 0.05) is 17.4 Å². The monoisotopic (exact) mass is 377 g/mol. The maximum absolute atomic E-state index is 13.8. The summed E-state index contributed by atoms with van der Waals surface area (Å²) in [5.41, 5.74) is 4.12. The molecule has 1 aliphatic heterocycles. The maximum atomic E-state index is 13.8. The molecule has 0 atom stereocenters. The van der Waals surface area contributed by atoms with E-state index in [9.17, 15) is 14.0 Å². The van der Waals surface area contributed by atoms with Gasteiger partial charge in [-0.05, 0) is 55.3 Å². The number of pyridine rings is 1. The van der Waals surface area contributed by atoms with Gasteiger partial charge in [0.1, 0.15) is 12.5 Å². The van der Waals surface area contributed by atoms with Crippen LogP contribution in [0, 0.1) is 12.7 Å². The highest BCUT2D eigenvalue weighted by Gasteiger charge is 2.32. The van der Waals surface area contributed by atoms with Gasteiger partial charge in [0.05, 0.1) is 16.9 Å². The number of anilines is 3. The van der Waals surface area contributed by atoms with Crippen LogP contribution in [0.2, 0.25) is 0 Å². The lowest BCUT2D eigenvalue weighted by Crippen LogP contribution is -2.45. The maximum Gasteiger partial charge on any atom is 0.261 e. The molecule has 28 heavy (non-hydrogen) atoms. The van der Waals surface area contributed by atoms with Crippen LogP contribution in [0.4, 0.5) is 21.5 Å². The topological polar surface area (TPSA) is 56.4 Å². The predicted molar refractivity (Wildman–Crippen MR) is 108 cm³/mol. The number of benzene rings is 2. The van der Waals surface area contributed by atoms with Gasteiger partial charge < -0.3 is 9.88 Å². The number of hydrogen-bond acceptors (Lipinski definition) is 3. The Morgan fingerprint density at radius 2 is 1.71 bits per heavy atom. The third-order valence-corrected chi connectivity index (χ3v) is 5.04. The van der Waals surface area contributed by atoms with Crippen LogP contribution in [-0.2, 0) is 6.42 Å². The molecule has 2 heterocycles. The van der Waals surface area contributed by atoms with Crippen molar-refractivity contribution in [1.82, 2.24) is 4.98 Å². The van der Waals surface area contributed by atoms with E-state index in [-0.39, 0.29) is 24.0 Å². The molecule has 2 aromatic carbocycles. The van der Waals surface area contributed by atoms with Crippen LogP contribution in [0.5, 0.6) is 0 Å². The zero-order valence-corrected chi connectivity index (χ0v) is 15.7. The van der Waals surface area contributed by atoms with E-state index in [1.54, 1.807) is 30.0 Å². The average molecular weight is 377 g/mol. The van der Waals surface area contributed by atoms with Crippen molar-refractivity contribution >= 4 is 23.0 Å². The van der Waals surface area contributed by atoms with Crippen molar-refractivity contribution in [3.63, 3.8) is 0 Å². The molecular formula is C22H20FN3O2. The molecule has 0 unspecified atom stereocenters. The molecule has 4 rings (SSSR count). The number of aromatic amines is 1. The van der Waals surface area contributed by atoms with E-state index < -0.39 is 0 Å². The summed E-state index contributed by atoms with van der Waals surface area (Å²) in [5.74, 6) is -0.419. The molecule has 0 aliphatic carbocycles. The van der Waals surface area contributed by atoms with Gasteiger partial charge in [-0.1, -0.05) is 19.1 Å². The third kappa shape index (κ3) is 2.97. The number of carbonyl (C=O) groups excluding carboxylic acids is 1. The van der Waals surface area contributed by atoms with E-state index in [0.29, 0.717) is 23.4 Å². The van der Waals surface area contributed by atoms with Crippen LogP contribution in [0.15, 0.2) is 59.4 Å². The Morgan fingerprint density at radius 3 is 2.46 bits per heavy atom. The third-order valence-electron chi connectivity index (χ3n) is 5.04. The molecule has 5 nitrogen and oxygen atoms in total. The number of amides is 1. The van der Waals surface area contributed by atoms with Crippen molar-refractivity contribution in [2.75, 3.05) is 16.5 Å². The van der Waals surface area contributed by atoms with Crippen molar-refractivity contribution in [1.29, 1.82) is 0 Å². The molecule has 142 valence electrons. The first-order valence-corrected chi connectivity index (χ1v) is 9.16. The number of H-pyrrole nitrogens is 1. The molecule has 0 saturated carbocycles. The summed E-state index contributed by atoms with van der Waals surface area (Å²) >= 11 is 0. The predicted octanol–water partition coefficient (Wildman–Crippen LogP) is 4.14. The van der Waals surface area contributed by atoms with Gasteiger partial charge in [-0.25, -0.2) is 4.39 Å². The largest absolute Gasteiger partial charge is 0.324 e. The Morgan fingerprint density at radius 1 is 0.964 bits per heavy atom. The number of nitrogens with one attached hydrogen (secondary N) is 1. The Kier molecular flexibility index (Phi) is 4.47. The van der Waals surface area contributed by atoms with E-state index in [1.165, 1.54) is 18.2 Å². The van der Waals surface area contributed by atoms with Crippen molar-refractivity contribution in [3.8, 4) is 0 Å². The van der Waals surface area contributed by atoms with Gasteiger partial charge in [-0.15, -0.1) is 0 Å². The first kappa shape index (κ1) is 18.0. The van der Waals surface area contributed by atoms with Crippen LogP contribution in [0.3, 0.4) is 0 Å². The SMILES string of the molecule is CCc1cc(F)ccc1N1CN(c2ccc(=O)[nH]c2C)C(=O)c2ccccc21. The minimum Gasteiger partial charge on any atom is -0.324 e.